The van der Waals surface area contributed by atoms with Gasteiger partial charge in [-0.25, -0.2) is 4.79 Å². The van der Waals surface area contributed by atoms with Gasteiger partial charge in [0.2, 0.25) is 0 Å². The molecule has 0 aromatic carbocycles. The number of amides is 2. The molecule has 1 fully saturated rings. The Hall–Kier alpha value is -1.26. The molecule has 0 radical (unpaired) electrons. The van der Waals surface area contributed by atoms with Gasteiger partial charge in [0.1, 0.15) is 6.54 Å². The minimum Gasteiger partial charge on any atom is -0.480 e. The molecule has 0 saturated heterocycles. The Labute approximate surface area is 121 Å². The normalized spacial score (nSPS) is 24.0. The van der Waals surface area contributed by atoms with Gasteiger partial charge in [-0.15, -0.1) is 0 Å². The van der Waals surface area contributed by atoms with Crippen molar-refractivity contribution in [3.05, 3.63) is 0 Å². The maximum Gasteiger partial charge on any atom is 0.323 e. The number of carbonyl (C=O) groups is 2. The largest absolute Gasteiger partial charge is 0.480 e. The highest BCUT2D eigenvalue weighted by Gasteiger charge is 2.30. The van der Waals surface area contributed by atoms with Gasteiger partial charge in [0.25, 0.3) is 0 Å². The number of hydrogen-bond acceptors (Lipinski definition) is 2. The van der Waals surface area contributed by atoms with Crippen LogP contribution in [0.4, 0.5) is 4.79 Å². The molecule has 1 rings (SSSR count). The standard InChI is InChI=1S/C15H28N2O3/c1-5-12(3)17(10-14(18)19)15(20)16(4)13-8-6-7-11(2)9-13/h11-13H,5-10H2,1-4H3,(H,18,19). The number of carboxylic acid groups (broad SMARTS) is 1. The van der Waals surface area contributed by atoms with Crippen molar-refractivity contribution in [1.82, 2.24) is 9.80 Å². The van der Waals surface area contributed by atoms with Crippen molar-refractivity contribution in [3.63, 3.8) is 0 Å². The third-order valence-electron chi connectivity index (χ3n) is 4.43. The second kappa shape index (κ2) is 7.50. The average molecular weight is 284 g/mol. The summed E-state index contributed by atoms with van der Waals surface area (Å²) < 4.78 is 0. The summed E-state index contributed by atoms with van der Waals surface area (Å²) in [5.41, 5.74) is 0. The molecule has 2 amide bonds. The Balaban J connectivity index is 2.74. The van der Waals surface area contributed by atoms with E-state index in [1.54, 1.807) is 4.90 Å². The van der Waals surface area contributed by atoms with Crippen LogP contribution in [0.15, 0.2) is 0 Å². The fourth-order valence-corrected chi connectivity index (χ4v) is 2.89. The summed E-state index contributed by atoms with van der Waals surface area (Å²) in [6.07, 6.45) is 5.17. The summed E-state index contributed by atoms with van der Waals surface area (Å²) in [5.74, 6) is -0.315. The van der Waals surface area contributed by atoms with Crippen LogP contribution in [0.3, 0.4) is 0 Å². The van der Waals surface area contributed by atoms with Crippen LogP contribution in [-0.2, 0) is 4.79 Å². The number of aliphatic carboxylic acids is 1. The van der Waals surface area contributed by atoms with Crippen molar-refractivity contribution in [2.75, 3.05) is 13.6 Å². The molecule has 3 unspecified atom stereocenters. The third-order valence-corrected chi connectivity index (χ3v) is 4.43. The summed E-state index contributed by atoms with van der Waals surface area (Å²) in [7, 11) is 1.81. The van der Waals surface area contributed by atoms with Crippen molar-refractivity contribution in [2.45, 2.75) is 65.0 Å². The number of urea groups is 1. The Morgan fingerprint density at radius 1 is 1.35 bits per heavy atom. The zero-order chi connectivity index (χ0) is 15.3. The fraction of sp³-hybridized carbons (Fsp3) is 0.867. The second-order valence-corrected chi connectivity index (χ2v) is 6.10. The molecule has 5 nitrogen and oxygen atoms in total. The first-order chi connectivity index (χ1) is 9.36. The second-order valence-electron chi connectivity index (χ2n) is 6.10. The Morgan fingerprint density at radius 2 is 2.00 bits per heavy atom. The zero-order valence-electron chi connectivity index (χ0n) is 13.1. The first-order valence-electron chi connectivity index (χ1n) is 7.62. The number of nitrogens with zero attached hydrogens (tertiary/aromatic N) is 2. The molecule has 0 aromatic rings. The van der Waals surface area contributed by atoms with E-state index in [2.05, 4.69) is 6.92 Å². The Kier molecular flexibility index (Phi) is 6.30. The van der Waals surface area contributed by atoms with Crippen LogP contribution < -0.4 is 0 Å². The van der Waals surface area contributed by atoms with E-state index in [0.717, 1.165) is 25.7 Å². The quantitative estimate of drug-likeness (QED) is 0.844. The maximum atomic E-state index is 12.6. The van der Waals surface area contributed by atoms with Crippen molar-refractivity contribution in [3.8, 4) is 0 Å². The van der Waals surface area contributed by atoms with Gasteiger partial charge in [0, 0.05) is 19.1 Å². The molecule has 0 aromatic heterocycles. The van der Waals surface area contributed by atoms with E-state index >= 15 is 0 Å². The highest BCUT2D eigenvalue weighted by molar-refractivity contribution is 5.80. The molecule has 1 saturated carbocycles. The molecule has 1 aliphatic carbocycles. The van der Waals surface area contributed by atoms with Gasteiger partial charge in [-0.3, -0.25) is 4.79 Å². The van der Waals surface area contributed by atoms with Gasteiger partial charge in [-0.05, 0) is 32.1 Å². The number of carbonyl (C=O) groups excluding carboxylic acids is 1. The van der Waals surface area contributed by atoms with E-state index in [4.69, 9.17) is 5.11 Å². The molecule has 1 N–H and O–H groups in total. The summed E-state index contributed by atoms with van der Waals surface area (Å²) >= 11 is 0. The fourth-order valence-electron chi connectivity index (χ4n) is 2.89. The lowest BCUT2D eigenvalue weighted by Crippen LogP contribution is -2.51. The van der Waals surface area contributed by atoms with Crippen LogP contribution in [-0.4, -0.2) is 52.6 Å². The maximum absolute atomic E-state index is 12.6. The number of rotatable bonds is 5. The zero-order valence-corrected chi connectivity index (χ0v) is 13.1. The van der Waals surface area contributed by atoms with Crippen molar-refractivity contribution in [1.29, 1.82) is 0 Å². The van der Waals surface area contributed by atoms with Crippen molar-refractivity contribution < 1.29 is 14.7 Å². The van der Waals surface area contributed by atoms with Crippen LogP contribution in [0.1, 0.15) is 52.9 Å². The molecule has 116 valence electrons. The summed E-state index contributed by atoms with van der Waals surface area (Å²) in [6, 6.07) is 0.0366. The first-order valence-corrected chi connectivity index (χ1v) is 7.62. The van der Waals surface area contributed by atoms with Crippen LogP contribution >= 0.6 is 0 Å². The van der Waals surface area contributed by atoms with E-state index in [1.165, 1.54) is 11.3 Å². The topological polar surface area (TPSA) is 60.9 Å². The predicted octanol–water partition coefficient (Wildman–Crippen LogP) is 2.80. The molecule has 0 aliphatic heterocycles. The SMILES string of the molecule is CCC(C)N(CC(=O)O)C(=O)N(C)C1CCCC(C)C1. The van der Waals surface area contributed by atoms with Gasteiger partial charge in [-0.1, -0.05) is 26.7 Å². The Bertz CT molecular complexity index is 346. The predicted molar refractivity (Wildman–Crippen MR) is 78.7 cm³/mol. The third kappa shape index (κ3) is 4.39. The van der Waals surface area contributed by atoms with E-state index in [0.29, 0.717) is 5.92 Å². The van der Waals surface area contributed by atoms with Crippen molar-refractivity contribution in [2.24, 2.45) is 5.92 Å². The van der Waals surface area contributed by atoms with Gasteiger partial charge in [-0.2, -0.15) is 0 Å². The highest BCUT2D eigenvalue weighted by Crippen LogP contribution is 2.27. The average Bonchev–Trinajstić information content (AvgIpc) is 2.42. The first kappa shape index (κ1) is 16.8. The molecule has 1 aliphatic rings. The lowest BCUT2D eigenvalue weighted by Gasteiger charge is -2.38. The van der Waals surface area contributed by atoms with Crippen LogP contribution in [0.2, 0.25) is 0 Å². The molecule has 20 heavy (non-hydrogen) atoms. The number of hydrogen-bond donors (Lipinski definition) is 1. The summed E-state index contributed by atoms with van der Waals surface area (Å²) in [5, 5.41) is 9.00. The van der Waals surface area contributed by atoms with Crippen LogP contribution in [0, 0.1) is 5.92 Å². The van der Waals surface area contributed by atoms with Gasteiger partial charge in [0.15, 0.2) is 0 Å². The van der Waals surface area contributed by atoms with Crippen LogP contribution in [0.25, 0.3) is 0 Å². The van der Waals surface area contributed by atoms with Gasteiger partial charge >= 0.3 is 12.0 Å². The van der Waals surface area contributed by atoms with Crippen LogP contribution in [0.5, 0.6) is 0 Å². The van der Waals surface area contributed by atoms with Gasteiger partial charge in [0.05, 0.1) is 0 Å². The van der Waals surface area contributed by atoms with E-state index in [1.807, 2.05) is 20.9 Å². The Morgan fingerprint density at radius 3 is 2.50 bits per heavy atom. The van der Waals surface area contributed by atoms with Crippen molar-refractivity contribution >= 4 is 12.0 Å². The van der Waals surface area contributed by atoms with E-state index < -0.39 is 5.97 Å². The molecule has 0 spiro atoms. The highest BCUT2D eigenvalue weighted by atomic mass is 16.4. The molecule has 0 bridgehead atoms. The van der Waals surface area contributed by atoms with Gasteiger partial charge < -0.3 is 14.9 Å². The monoisotopic (exact) mass is 284 g/mol. The molecule has 3 atom stereocenters. The number of carboxylic acids is 1. The summed E-state index contributed by atoms with van der Waals surface area (Å²) in [4.78, 5) is 26.8. The molecular formula is C15H28N2O3. The smallest absolute Gasteiger partial charge is 0.323 e. The van der Waals surface area contributed by atoms with E-state index in [9.17, 15) is 9.59 Å². The lowest BCUT2D eigenvalue weighted by atomic mass is 9.86. The minimum atomic E-state index is -0.955. The van der Waals surface area contributed by atoms with E-state index in [-0.39, 0.29) is 24.7 Å². The lowest BCUT2D eigenvalue weighted by molar-refractivity contribution is -0.138. The molecule has 5 heteroatoms. The molecular weight excluding hydrogens is 256 g/mol. The minimum absolute atomic E-state index is 0.0536. The summed E-state index contributed by atoms with van der Waals surface area (Å²) in [6.45, 7) is 5.86. The molecule has 0 heterocycles.